The van der Waals surface area contributed by atoms with Crippen LogP contribution in [-0.2, 0) is 11.3 Å². The zero-order chi connectivity index (χ0) is 12.3. The molecule has 0 radical (unpaired) electrons. The molecule has 17 heavy (non-hydrogen) atoms. The van der Waals surface area contributed by atoms with Crippen molar-refractivity contribution in [3.05, 3.63) is 22.4 Å². The number of amides is 1. The molecule has 0 aromatic carbocycles. The Hall–Kier alpha value is -0.910. The first kappa shape index (κ1) is 12.5. The molecule has 1 aliphatic rings. The molecule has 1 fully saturated rings. The van der Waals surface area contributed by atoms with E-state index in [9.17, 15) is 4.79 Å². The van der Waals surface area contributed by atoms with E-state index in [0.29, 0.717) is 19.0 Å². The summed E-state index contributed by atoms with van der Waals surface area (Å²) in [6.07, 6.45) is 2.78. The average Bonchev–Trinajstić information content (AvgIpc) is 3.01. The third kappa shape index (κ3) is 3.52. The van der Waals surface area contributed by atoms with Crippen LogP contribution >= 0.6 is 11.3 Å². The maximum atomic E-state index is 11.1. The van der Waals surface area contributed by atoms with Gasteiger partial charge in [0.1, 0.15) is 0 Å². The summed E-state index contributed by atoms with van der Waals surface area (Å²) in [6.45, 7) is 1.38. The Bertz CT molecular complexity index is 362. The Labute approximate surface area is 106 Å². The molecule has 0 spiro atoms. The largest absolute Gasteiger partial charge is 0.370 e. The molecule has 0 saturated heterocycles. The minimum absolute atomic E-state index is 0.0853. The summed E-state index contributed by atoms with van der Waals surface area (Å²) >= 11 is 1.74. The number of carbonyl (C=O) groups excluding carboxylic acids is 1. The first-order valence-electron chi connectivity index (χ1n) is 5.97. The number of nitrogens with two attached hydrogens (primary N) is 2. The van der Waals surface area contributed by atoms with Crippen molar-refractivity contribution in [1.29, 1.82) is 0 Å². The third-order valence-electron chi connectivity index (χ3n) is 3.11. The first-order chi connectivity index (χ1) is 8.20. The molecular formula is C12H19N3OS. The van der Waals surface area contributed by atoms with E-state index in [0.717, 1.165) is 6.54 Å². The molecule has 1 amide bonds. The standard InChI is InChI=1S/C12H19N3OS/c13-7-10(6-12(14)16)15(9-3-4-9)8-11-2-1-5-17-11/h1-2,5,9-10H,3-4,6-8,13H2,(H2,14,16). The van der Waals surface area contributed by atoms with Crippen molar-refractivity contribution >= 4 is 17.2 Å². The Morgan fingerprint density at radius 3 is 2.82 bits per heavy atom. The molecule has 1 unspecified atom stereocenters. The number of hydrogen-bond donors (Lipinski definition) is 2. The van der Waals surface area contributed by atoms with E-state index >= 15 is 0 Å². The summed E-state index contributed by atoms with van der Waals surface area (Å²) in [6, 6.07) is 4.85. The molecule has 4 nitrogen and oxygen atoms in total. The van der Waals surface area contributed by atoms with Gasteiger partial charge in [0.25, 0.3) is 0 Å². The van der Waals surface area contributed by atoms with Crippen LogP contribution in [0.1, 0.15) is 24.1 Å². The van der Waals surface area contributed by atoms with E-state index in [1.54, 1.807) is 11.3 Å². The monoisotopic (exact) mass is 253 g/mol. The zero-order valence-electron chi connectivity index (χ0n) is 9.84. The predicted octanol–water partition coefficient (Wildman–Crippen LogP) is 0.915. The van der Waals surface area contributed by atoms with Gasteiger partial charge in [-0.15, -0.1) is 11.3 Å². The molecule has 2 rings (SSSR count). The van der Waals surface area contributed by atoms with Crippen LogP contribution in [0.15, 0.2) is 17.5 Å². The highest BCUT2D eigenvalue weighted by atomic mass is 32.1. The molecule has 0 aliphatic heterocycles. The van der Waals surface area contributed by atoms with Crippen molar-refractivity contribution in [3.8, 4) is 0 Å². The van der Waals surface area contributed by atoms with Crippen LogP contribution in [-0.4, -0.2) is 29.4 Å². The second-order valence-corrected chi connectivity index (χ2v) is 5.58. The highest BCUT2D eigenvalue weighted by Gasteiger charge is 2.34. The topological polar surface area (TPSA) is 72.3 Å². The fraction of sp³-hybridized carbons (Fsp3) is 0.583. The minimum atomic E-state index is -0.266. The molecule has 1 saturated carbocycles. The molecule has 1 heterocycles. The molecule has 0 bridgehead atoms. The normalized spacial score (nSPS) is 17.3. The van der Waals surface area contributed by atoms with Crippen molar-refractivity contribution in [2.45, 2.75) is 37.9 Å². The molecule has 4 N–H and O–H groups in total. The van der Waals surface area contributed by atoms with E-state index in [-0.39, 0.29) is 11.9 Å². The van der Waals surface area contributed by atoms with Gasteiger partial charge >= 0.3 is 0 Å². The van der Waals surface area contributed by atoms with Gasteiger partial charge in [0.05, 0.1) is 0 Å². The van der Waals surface area contributed by atoms with Gasteiger partial charge < -0.3 is 11.5 Å². The molecule has 5 heteroatoms. The number of hydrogen-bond acceptors (Lipinski definition) is 4. The summed E-state index contributed by atoms with van der Waals surface area (Å²) in [5.74, 6) is -0.266. The molecular weight excluding hydrogens is 234 g/mol. The van der Waals surface area contributed by atoms with Crippen molar-refractivity contribution in [3.63, 3.8) is 0 Å². The Morgan fingerprint density at radius 1 is 1.59 bits per heavy atom. The Morgan fingerprint density at radius 2 is 2.35 bits per heavy atom. The van der Waals surface area contributed by atoms with Crippen LogP contribution in [0.5, 0.6) is 0 Å². The van der Waals surface area contributed by atoms with Crippen LogP contribution in [0.25, 0.3) is 0 Å². The summed E-state index contributed by atoms with van der Waals surface area (Å²) in [5, 5.41) is 2.08. The number of carbonyl (C=O) groups is 1. The Kier molecular flexibility index (Phi) is 4.15. The maximum absolute atomic E-state index is 11.1. The van der Waals surface area contributed by atoms with Crippen LogP contribution in [0.3, 0.4) is 0 Å². The van der Waals surface area contributed by atoms with Crippen molar-refractivity contribution in [1.82, 2.24) is 4.90 Å². The molecule has 1 atom stereocenters. The van der Waals surface area contributed by atoms with Crippen LogP contribution in [0.4, 0.5) is 0 Å². The summed E-state index contributed by atoms with van der Waals surface area (Å²) in [7, 11) is 0. The number of thiophene rings is 1. The molecule has 1 aromatic rings. The van der Waals surface area contributed by atoms with Crippen molar-refractivity contribution in [2.24, 2.45) is 11.5 Å². The lowest BCUT2D eigenvalue weighted by molar-refractivity contribution is -0.119. The van der Waals surface area contributed by atoms with Crippen LogP contribution in [0.2, 0.25) is 0 Å². The SMILES string of the molecule is NCC(CC(N)=O)N(Cc1cccs1)C1CC1. The highest BCUT2D eigenvalue weighted by Crippen LogP contribution is 2.31. The van der Waals surface area contributed by atoms with Crippen molar-refractivity contribution in [2.75, 3.05) is 6.54 Å². The average molecular weight is 253 g/mol. The first-order valence-corrected chi connectivity index (χ1v) is 6.85. The van der Waals surface area contributed by atoms with E-state index in [1.807, 2.05) is 0 Å². The van der Waals surface area contributed by atoms with Gasteiger partial charge in [0.15, 0.2) is 0 Å². The number of rotatable bonds is 7. The highest BCUT2D eigenvalue weighted by molar-refractivity contribution is 7.09. The lowest BCUT2D eigenvalue weighted by atomic mass is 10.1. The van der Waals surface area contributed by atoms with Gasteiger partial charge in [-0.05, 0) is 24.3 Å². The third-order valence-corrected chi connectivity index (χ3v) is 3.97. The fourth-order valence-electron chi connectivity index (χ4n) is 2.11. The van der Waals surface area contributed by atoms with E-state index in [1.165, 1.54) is 17.7 Å². The van der Waals surface area contributed by atoms with Gasteiger partial charge in [-0.2, -0.15) is 0 Å². The van der Waals surface area contributed by atoms with Crippen molar-refractivity contribution < 1.29 is 4.79 Å². The molecule has 94 valence electrons. The lowest BCUT2D eigenvalue weighted by Crippen LogP contribution is -2.43. The van der Waals surface area contributed by atoms with Gasteiger partial charge in [-0.1, -0.05) is 6.07 Å². The van der Waals surface area contributed by atoms with Gasteiger partial charge in [-0.25, -0.2) is 0 Å². The summed E-state index contributed by atoms with van der Waals surface area (Å²) < 4.78 is 0. The zero-order valence-corrected chi connectivity index (χ0v) is 10.7. The van der Waals surface area contributed by atoms with E-state index in [2.05, 4.69) is 22.4 Å². The smallest absolute Gasteiger partial charge is 0.219 e. The van der Waals surface area contributed by atoms with Gasteiger partial charge in [-0.3, -0.25) is 9.69 Å². The molecule has 1 aliphatic carbocycles. The lowest BCUT2D eigenvalue weighted by Gasteiger charge is -2.29. The van der Waals surface area contributed by atoms with E-state index < -0.39 is 0 Å². The van der Waals surface area contributed by atoms with Crippen LogP contribution in [0, 0.1) is 0 Å². The summed E-state index contributed by atoms with van der Waals surface area (Å²) in [5.41, 5.74) is 11.1. The molecule has 1 aromatic heterocycles. The van der Waals surface area contributed by atoms with Crippen LogP contribution < -0.4 is 11.5 Å². The summed E-state index contributed by atoms with van der Waals surface area (Å²) in [4.78, 5) is 14.7. The Balaban J connectivity index is 2.02. The van der Waals surface area contributed by atoms with Gasteiger partial charge in [0, 0.05) is 36.5 Å². The second kappa shape index (κ2) is 5.62. The number of nitrogens with zero attached hydrogens (tertiary/aromatic N) is 1. The van der Waals surface area contributed by atoms with E-state index in [4.69, 9.17) is 11.5 Å². The maximum Gasteiger partial charge on any atom is 0.219 e. The van der Waals surface area contributed by atoms with Gasteiger partial charge in [0.2, 0.25) is 5.91 Å². The fourth-order valence-corrected chi connectivity index (χ4v) is 2.83. The second-order valence-electron chi connectivity index (χ2n) is 4.54. The quantitative estimate of drug-likeness (QED) is 0.759. The minimum Gasteiger partial charge on any atom is -0.370 e. The number of primary amides is 1. The predicted molar refractivity (Wildman–Crippen MR) is 69.5 cm³/mol.